The smallest absolute Gasteiger partial charge is 0.338 e. The lowest BCUT2D eigenvalue weighted by Gasteiger charge is -2.17. The second-order valence-electron chi connectivity index (χ2n) is 5.07. The van der Waals surface area contributed by atoms with Gasteiger partial charge in [0.1, 0.15) is 0 Å². The van der Waals surface area contributed by atoms with Gasteiger partial charge in [-0.1, -0.05) is 20.3 Å². The van der Waals surface area contributed by atoms with E-state index in [1.54, 1.807) is 0 Å². The summed E-state index contributed by atoms with van der Waals surface area (Å²) in [5, 5.41) is 3.48. The van der Waals surface area contributed by atoms with Crippen molar-refractivity contribution in [1.29, 1.82) is 0 Å². The van der Waals surface area contributed by atoms with Crippen molar-refractivity contribution in [2.24, 2.45) is 0 Å². The first-order valence-electron chi connectivity index (χ1n) is 7.14. The Bertz CT molecular complexity index is 384. The minimum Gasteiger partial charge on any atom is -0.459 e. The normalized spacial score (nSPS) is 12.3. The highest BCUT2D eigenvalue weighted by molar-refractivity contribution is 5.89. The van der Waals surface area contributed by atoms with E-state index in [1.807, 2.05) is 38.1 Å². The van der Waals surface area contributed by atoms with Crippen molar-refractivity contribution in [3.63, 3.8) is 0 Å². The lowest BCUT2D eigenvalue weighted by Crippen LogP contribution is -2.18. The van der Waals surface area contributed by atoms with E-state index in [4.69, 9.17) is 4.74 Å². The zero-order valence-corrected chi connectivity index (χ0v) is 12.4. The van der Waals surface area contributed by atoms with E-state index < -0.39 is 0 Å². The van der Waals surface area contributed by atoms with Crippen LogP contribution in [0.25, 0.3) is 0 Å². The Morgan fingerprint density at radius 2 is 1.84 bits per heavy atom. The van der Waals surface area contributed by atoms with Gasteiger partial charge in [-0.05, 0) is 51.0 Å². The average molecular weight is 263 g/mol. The van der Waals surface area contributed by atoms with Crippen molar-refractivity contribution < 1.29 is 9.53 Å². The molecule has 1 rings (SSSR count). The fourth-order valence-electron chi connectivity index (χ4n) is 1.95. The van der Waals surface area contributed by atoms with Crippen molar-refractivity contribution >= 4 is 11.7 Å². The maximum absolute atomic E-state index is 11.7. The van der Waals surface area contributed by atoms with E-state index in [-0.39, 0.29) is 12.1 Å². The van der Waals surface area contributed by atoms with Crippen molar-refractivity contribution in [3.8, 4) is 0 Å². The van der Waals surface area contributed by atoms with Crippen LogP contribution in [0.2, 0.25) is 0 Å². The van der Waals surface area contributed by atoms with Gasteiger partial charge in [0.2, 0.25) is 0 Å². The van der Waals surface area contributed by atoms with Crippen molar-refractivity contribution in [1.82, 2.24) is 0 Å². The van der Waals surface area contributed by atoms with Crippen molar-refractivity contribution in [2.75, 3.05) is 5.32 Å². The van der Waals surface area contributed by atoms with Crippen LogP contribution in [-0.2, 0) is 4.74 Å². The first-order chi connectivity index (χ1) is 9.06. The van der Waals surface area contributed by atoms with Crippen LogP contribution in [0.1, 0.15) is 57.3 Å². The molecule has 19 heavy (non-hydrogen) atoms. The number of carbonyl (C=O) groups excluding carboxylic acids is 1. The van der Waals surface area contributed by atoms with Gasteiger partial charge in [0.25, 0.3) is 0 Å². The van der Waals surface area contributed by atoms with Crippen molar-refractivity contribution in [3.05, 3.63) is 29.8 Å². The number of nitrogens with one attached hydrogen (secondary N) is 1. The number of ether oxygens (including phenoxy) is 1. The fourth-order valence-corrected chi connectivity index (χ4v) is 1.95. The van der Waals surface area contributed by atoms with E-state index in [0.29, 0.717) is 11.6 Å². The summed E-state index contributed by atoms with van der Waals surface area (Å²) in [6.45, 7) is 8.08. The second kappa shape index (κ2) is 7.82. The van der Waals surface area contributed by atoms with Crippen LogP contribution >= 0.6 is 0 Å². The molecule has 0 aromatic heterocycles. The molecule has 0 aliphatic heterocycles. The molecule has 0 aliphatic rings. The van der Waals surface area contributed by atoms with Gasteiger partial charge in [-0.15, -0.1) is 0 Å². The molecule has 1 aromatic carbocycles. The Morgan fingerprint density at radius 3 is 2.32 bits per heavy atom. The Morgan fingerprint density at radius 1 is 1.21 bits per heavy atom. The molecule has 0 spiro atoms. The molecule has 3 heteroatoms. The molecule has 1 atom stereocenters. The summed E-state index contributed by atoms with van der Waals surface area (Å²) in [4.78, 5) is 11.7. The Balaban J connectivity index is 2.63. The van der Waals surface area contributed by atoms with Gasteiger partial charge >= 0.3 is 5.97 Å². The fraction of sp³-hybridized carbons (Fsp3) is 0.562. The highest BCUT2D eigenvalue weighted by Gasteiger charge is 2.09. The van der Waals surface area contributed by atoms with Gasteiger partial charge in [-0.2, -0.15) is 0 Å². The summed E-state index contributed by atoms with van der Waals surface area (Å²) in [5.74, 6) is -0.262. The number of hydrogen-bond acceptors (Lipinski definition) is 3. The predicted octanol–water partition coefficient (Wildman–Crippen LogP) is 4.24. The van der Waals surface area contributed by atoms with E-state index in [0.717, 1.165) is 18.5 Å². The monoisotopic (exact) mass is 263 g/mol. The Kier molecular flexibility index (Phi) is 6.40. The SMILES string of the molecule is CCCC(CC)Nc1ccc(C(=O)OC(C)C)cc1. The van der Waals surface area contributed by atoms with Gasteiger partial charge in [0, 0.05) is 11.7 Å². The maximum Gasteiger partial charge on any atom is 0.338 e. The molecule has 0 saturated carbocycles. The molecule has 0 radical (unpaired) electrons. The molecule has 3 nitrogen and oxygen atoms in total. The minimum atomic E-state index is -0.262. The van der Waals surface area contributed by atoms with Crippen LogP contribution in [-0.4, -0.2) is 18.1 Å². The maximum atomic E-state index is 11.7. The highest BCUT2D eigenvalue weighted by atomic mass is 16.5. The molecule has 1 unspecified atom stereocenters. The van der Waals surface area contributed by atoms with Crippen LogP contribution in [0.5, 0.6) is 0 Å². The lowest BCUT2D eigenvalue weighted by atomic mass is 10.1. The van der Waals surface area contributed by atoms with Gasteiger partial charge in [0.15, 0.2) is 0 Å². The third kappa shape index (κ3) is 5.33. The molecular formula is C16H25NO2. The number of anilines is 1. The molecule has 0 amide bonds. The molecule has 0 saturated heterocycles. The number of benzene rings is 1. The summed E-state index contributed by atoms with van der Waals surface area (Å²) in [6, 6.07) is 8.00. The molecule has 0 bridgehead atoms. The third-order valence-corrected chi connectivity index (χ3v) is 2.96. The first-order valence-corrected chi connectivity index (χ1v) is 7.14. The number of rotatable bonds is 7. The van der Waals surface area contributed by atoms with E-state index >= 15 is 0 Å². The number of carbonyl (C=O) groups is 1. The highest BCUT2D eigenvalue weighted by Crippen LogP contribution is 2.15. The number of hydrogen-bond donors (Lipinski definition) is 1. The van der Waals surface area contributed by atoms with Crippen LogP contribution in [0.3, 0.4) is 0 Å². The molecule has 0 heterocycles. The molecular weight excluding hydrogens is 238 g/mol. The second-order valence-corrected chi connectivity index (χ2v) is 5.07. The zero-order chi connectivity index (χ0) is 14.3. The summed E-state index contributed by atoms with van der Waals surface area (Å²) in [7, 11) is 0. The minimum absolute atomic E-state index is 0.0840. The summed E-state index contributed by atoms with van der Waals surface area (Å²) in [5.41, 5.74) is 1.66. The molecule has 1 aromatic rings. The van der Waals surface area contributed by atoms with Crippen LogP contribution in [0, 0.1) is 0 Å². The summed E-state index contributed by atoms with van der Waals surface area (Å²) in [6.07, 6.45) is 3.35. The quantitative estimate of drug-likeness (QED) is 0.748. The molecule has 0 fully saturated rings. The Labute approximate surface area is 116 Å². The first kappa shape index (κ1) is 15.5. The summed E-state index contributed by atoms with van der Waals surface area (Å²) >= 11 is 0. The van der Waals surface area contributed by atoms with Crippen LogP contribution in [0.4, 0.5) is 5.69 Å². The van der Waals surface area contributed by atoms with E-state index in [2.05, 4.69) is 19.2 Å². The third-order valence-electron chi connectivity index (χ3n) is 2.96. The van der Waals surface area contributed by atoms with Crippen LogP contribution in [0.15, 0.2) is 24.3 Å². The predicted molar refractivity (Wildman–Crippen MR) is 79.6 cm³/mol. The van der Waals surface area contributed by atoms with Crippen molar-refractivity contribution in [2.45, 2.75) is 59.1 Å². The standard InChI is InChI=1S/C16H25NO2/c1-5-7-14(6-2)17-15-10-8-13(9-11-15)16(18)19-12(3)4/h8-12,14,17H,5-7H2,1-4H3. The van der Waals surface area contributed by atoms with Crippen LogP contribution < -0.4 is 5.32 Å². The summed E-state index contributed by atoms with van der Waals surface area (Å²) < 4.78 is 5.16. The van der Waals surface area contributed by atoms with Gasteiger partial charge < -0.3 is 10.1 Å². The van der Waals surface area contributed by atoms with E-state index in [9.17, 15) is 4.79 Å². The average Bonchev–Trinajstić information content (AvgIpc) is 2.38. The van der Waals surface area contributed by atoms with Gasteiger partial charge in [0.05, 0.1) is 11.7 Å². The molecule has 0 aliphatic carbocycles. The Hall–Kier alpha value is -1.51. The molecule has 1 N–H and O–H groups in total. The number of esters is 1. The van der Waals surface area contributed by atoms with E-state index in [1.165, 1.54) is 6.42 Å². The topological polar surface area (TPSA) is 38.3 Å². The zero-order valence-electron chi connectivity index (χ0n) is 12.4. The molecule has 106 valence electrons. The van der Waals surface area contributed by atoms with Gasteiger partial charge in [-0.25, -0.2) is 4.79 Å². The largest absolute Gasteiger partial charge is 0.459 e. The van der Waals surface area contributed by atoms with Gasteiger partial charge in [-0.3, -0.25) is 0 Å². The lowest BCUT2D eigenvalue weighted by molar-refractivity contribution is 0.0378.